The molecule has 60 valence electrons. The highest BCUT2D eigenvalue weighted by Gasteiger charge is 2.53. The molecule has 0 radical (unpaired) electrons. The summed E-state index contributed by atoms with van der Waals surface area (Å²) in [6.07, 6.45) is -1.32. The van der Waals surface area contributed by atoms with Crippen molar-refractivity contribution < 1.29 is 22.5 Å². The van der Waals surface area contributed by atoms with E-state index in [1.807, 2.05) is 0 Å². The molecule has 1 saturated heterocycles. The molecular formula is C2H4N2O5P2+2. The number of amidine groups is 1. The molecule has 0 spiro atoms. The molecule has 1 fully saturated rings. The molecule has 0 aromatic rings. The van der Waals surface area contributed by atoms with Gasteiger partial charge in [0.15, 0.2) is 10.1 Å². The number of hydrogen-bond donors (Lipinski definition) is 2. The fourth-order valence-electron chi connectivity index (χ4n) is 0.382. The van der Waals surface area contributed by atoms with Gasteiger partial charge in [0.05, 0.1) is 0 Å². The summed E-state index contributed by atoms with van der Waals surface area (Å²) in [5, 5.41) is 6.78. The van der Waals surface area contributed by atoms with Crippen molar-refractivity contribution in [3.8, 4) is 0 Å². The second kappa shape index (κ2) is 3.30. The van der Waals surface area contributed by atoms with Crippen molar-refractivity contribution in [3.05, 3.63) is 0 Å². The third kappa shape index (κ3) is 2.25. The standard InChI is InChI=1S/C2H4N2O5P2/c3-1(4)2-7-10(5)9-11(6)8-2/h2H,(H3,3,4)/q+2. The molecular weight excluding hydrogens is 194 g/mol. The summed E-state index contributed by atoms with van der Waals surface area (Å²) in [5.74, 6) is -0.500. The molecule has 2 unspecified atom stereocenters. The number of hydrogen-bond acceptors (Lipinski definition) is 6. The van der Waals surface area contributed by atoms with Gasteiger partial charge in [-0.15, -0.1) is 0 Å². The molecule has 0 aliphatic carbocycles. The normalized spacial score (nSPS) is 31.8. The van der Waals surface area contributed by atoms with E-state index in [1.165, 1.54) is 0 Å². The van der Waals surface area contributed by atoms with E-state index < -0.39 is 28.6 Å². The van der Waals surface area contributed by atoms with Crippen LogP contribution in [0.2, 0.25) is 0 Å². The van der Waals surface area contributed by atoms with E-state index in [1.54, 1.807) is 0 Å². The van der Waals surface area contributed by atoms with Crippen LogP contribution in [0.4, 0.5) is 0 Å². The first-order chi connectivity index (χ1) is 5.09. The van der Waals surface area contributed by atoms with Crippen molar-refractivity contribution >= 4 is 22.3 Å². The first-order valence-corrected chi connectivity index (χ1v) is 4.59. The van der Waals surface area contributed by atoms with E-state index in [0.29, 0.717) is 0 Å². The highest BCUT2D eigenvalue weighted by molar-refractivity contribution is 7.48. The van der Waals surface area contributed by atoms with Crippen LogP contribution in [-0.2, 0) is 22.5 Å². The van der Waals surface area contributed by atoms with Crippen LogP contribution in [0, 0.1) is 5.41 Å². The van der Waals surface area contributed by atoms with Gasteiger partial charge in [-0.05, 0) is 0 Å². The molecule has 0 amide bonds. The van der Waals surface area contributed by atoms with Crippen LogP contribution in [0.5, 0.6) is 0 Å². The molecule has 7 nitrogen and oxygen atoms in total. The molecule has 1 heterocycles. The van der Waals surface area contributed by atoms with Crippen LogP contribution >= 0.6 is 16.5 Å². The Hall–Kier alpha value is -0.450. The Balaban J connectivity index is 2.63. The van der Waals surface area contributed by atoms with Gasteiger partial charge in [0.25, 0.3) is 0 Å². The molecule has 0 aromatic carbocycles. The van der Waals surface area contributed by atoms with Crippen molar-refractivity contribution in [2.45, 2.75) is 6.29 Å². The fourth-order valence-corrected chi connectivity index (χ4v) is 1.82. The predicted molar refractivity (Wildman–Crippen MR) is 34.2 cm³/mol. The predicted octanol–water partition coefficient (Wildman–Crippen LogP) is 0.627. The average Bonchev–Trinajstić information content (AvgIpc) is 1.85. The number of nitrogens with one attached hydrogen (secondary N) is 1. The molecule has 1 aliphatic heterocycles. The third-order valence-electron chi connectivity index (χ3n) is 0.751. The average molecular weight is 198 g/mol. The summed E-state index contributed by atoms with van der Waals surface area (Å²) < 4.78 is 33.7. The molecule has 1 rings (SSSR count). The molecule has 9 heteroatoms. The van der Waals surface area contributed by atoms with Gasteiger partial charge in [0.2, 0.25) is 0 Å². The topological polar surface area (TPSA) is 112 Å². The summed E-state index contributed by atoms with van der Waals surface area (Å²) in [6.45, 7) is 0. The van der Waals surface area contributed by atoms with Crippen LogP contribution in [0.25, 0.3) is 0 Å². The third-order valence-corrected chi connectivity index (χ3v) is 2.54. The lowest BCUT2D eigenvalue weighted by Gasteiger charge is -2.00. The second-order valence-corrected chi connectivity index (χ2v) is 3.50. The SMILES string of the molecule is N=C(N)C1O[P+](=O)O[P+](=O)O1. The molecule has 2 atom stereocenters. The molecule has 0 aromatic heterocycles. The van der Waals surface area contributed by atoms with Gasteiger partial charge in [-0.25, -0.2) is 0 Å². The lowest BCUT2D eigenvalue weighted by Crippen LogP contribution is -2.31. The van der Waals surface area contributed by atoms with Crippen LogP contribution < -0.4 is 5.73 Å². The van der Waals surface area contributed by atoms with Crippen LogP contribution in [-0.4, -0.2) is 12.1 Å². The quantitative estimate of drug-likeness (QED) is 0.363. The van der Waals surface area contributed by atoms with Crippen molar-refractivity contribution in [3.63, 3.8) is 0 Å². The van der Waals surface area contributed by atoms with Gasteiger partial charge >= 0.3 is 22.8 Å². The monoisotopic (exact) mass is 198 g/mol. The summed E-state index contributed by atoms with van der Waals surface area (Å²) in [5.41, 5.74) is 4.91. The van der Waals surface area contributed by atoms with Crippen molar-refractivity contribution in [2.75, 3.05) is 0 Å². The van der Waals surface area contributed by atoms with Gasteiger partial charge in [-0.1, -0.05) is 9.05 Å². The van der Waals surface area contributed by atoms with Gasteiger partial charge in [-0.3, -0.25) is 5.41 Å². The lowest BCUT2D eigenvalue weighted by molar-refractivity contribution is 0.0363. The Morgan fingerprint density at radius 1 is 1.36 bits per heavy atom. The Labute approximate surface area is 63.2 Å². The zero-order chi connectivity index (χ0) is 8.43. The highest BCUT2D eigenvalue weighted by Crippen LogP contribution is 2.47. The minimum Gasteiger partial charge on any atom is -0.383 e. The maximum Gasteiger partial charge on any atom is 0.751 e. The highest BCUT2D eigenvalue weighted by atomic mass is 31.2. The maximum absolute atomic E-state index is 10.5. The van der Waals surface area contributed by atoms with E-state index in [2.05, 4.69) is 13.4 Å². The second-order valence-electron chi connectivity index (χ2n) is 1.53. The van der Waals surface area contributed by atoms with Crippen LogP contribution in [0.15, 0.2) is 0 Å². The van der Waals surface area contributed by atoms with Gasteiger partial charge < -0.3 is 5.73 Å². The van der Waals surface area contributed by atoms with E-state index >= 15 is 0 Å². The minimum atomic E-state index is -2.48. The minimum absolute atomic E-state index is 0.500. The Bertz CT molecular complexity index is 213. The number of nitrogens with two attached hydrogens (primary N) is 1. The zero-order valence-electron chi connectivity index (χ0n) is 5.09. The zero-order valence-corrected chi connectivity index (χ0v) is 6.88. The Kier molecular flexibility index (Phi) is 2.59. The largest absolute Gasteiger partial charge is 0.751 e. The summed E-state index contributed by atoms with van der Waals surface area (Å²) in [7, 11) is -4.96. The van der Waals surface area contributed by atoms with Gasteiger partial charge in [0, 0.05) is 9.13 Å². The van der Waals surface area contributed by atoms with Crippen molar-refractivity contribution in [1.82, 2.24) is 0 Å². The summed E-state index contributed by atoms with van der Waals surface area (Å²) in [6, 6.07) is 0. The maximum atomic E-state index is 10.5. The molecule has 3 N–H and O–H groups in total. The lowest BCUT2D eigenvalue weighted by atomic mass is 10.6. The fraction of sp³-hybridized carbons (Fsp3) is 0.500. The number of rotatable bonds is 1. The molecule has 1 aliphatic rings. The molecule has 0 saturated carbocycles. The first-order valence-electron chi connectivity index (χ1n) is 2.39. The van der Waals surface area contributed by atoms with E-state index in [4.69, 9.17) is 11.1 Å². The van der Waals surface area contributed by atoms with Gasteiger partial charge in [0.1, 0.15) is 0 Å². The van der Waals surface area contributed by atoms with Crippen molar-refractivity contribution in [1.29, 1.82) is 5.41 Å². The van der Waals surface area contributed by atoms with E-state index in [9.17, 15) is 9.13 Å². The van der Waals surface area contributed by atoms with Crippen molar-refractivity contribution in [2.24, 2.45) is 5.73 Å². The van der Waals surface area contributed by atoms with Gasteiger partial charge in [-0.2, -0.15) is 0 Å². The summed E-state index contributed by atoms with van der Waals surface area (Å²) >= 11 is 0. The summed E-state index contributed by atoms with van der Waals surface area (Å²) in [4.78, 5) is 0. The Morgan fingerprint density at radius 2 is 1.82 bits per heavy atom. The first kappa shape index (κ1) is 8.64. The van der Waals surface area contributed by atoms with Crippen LogP contribution in [0.1, 0.15) is 0 Å². The molecule has 11 heavy (non-hydrogen) atoms. The Morgan fingerprint density at radius 3 is 2.18 bits per heavy atom. The smallest absolute Gasteiger partial charge is 0.383 e. The van der Waals surface area contributed by atoms with Crippen LogP contribution in [0.3, 0.4) is 0 Å². The van der Waals surface area contributed by atoms with E-state index in [-0.39, 0.29) is 0 Å². The van der Waals surface area contributed by atoms with E-state index in [0.717, 1.165) is 0 Å². The molecule has 0 bridgehead atoms.